The fraction of sp³-hybridized carbons (Fsp3) is 0.500. The summed E-state index contributed by atoms with van der Waals surface area (Å²) < 4.78 is 4.42. The summed E-state index contributed by atoms with van der Waals surface area (Å²) >= 11 is 0. The Morgan fingerprint density at radius 3 is 2.15 bits per heavy atom. The van der Waals surface area contributed by atoms with Crippen LogP contribution in [-0.2, 0) is 9.53 Å². The summed E-state index contributed by atoms with van der Waals surface area (Å²) in [7, 11) is 0. The Bertz CT molecular complexity index is 169. The van der Waals surface area contributed by atoms with Gasteiger partial charge in [0.15, 0.2) is 0 Å². The van der Waals surface area contributed by atoms with Crippen LogP contribution in [-0.4, -0.2) is 18.6 Å². The van der Waals surface area contributed by atoms with Crippen molar-refractivity contribution in [2.75, 3.05) is 6.61 Å². The van der Waals surface area contributed by atoms with Gasteiger partial charge < -0.3 is 16.2 Å². The molecule has 5 heteroatoms. The van der Waals surface area contributed by atoms with Crippen molar-refractivity contribution in [3.05, 3.63) is 12.7 Å². The molecular weight excluding hydrogens is 172 g/mol. The molecule has 4 N–H and O–H groups in total. The van der Waals surface area contributed by atoms with Gasteiger partial charge in [-0.1, -0.05) is 19.9 Å². The van der Waals surface area contributed by atoms with Crippen LogP contribution in [0.4, 0.5) is 4.79 Å². The van der Waals surface area contributed by atoms with Crippen LogP contribution >= 0.6 is 0 Å². The Balaban J connectivity index is 0. The maximum absolute atomic E-state index is 9.87. The molecule has 0 bridgehead atoms. The molecule has 0 saturated carbocycles. The highest BCUT2D eigenvalue weighted by Gasteiger charge is 1.88. The van der Waals surface area contributed by atoms with Crippen molar-refractivity contribution in [2.45, 2.75) is 19.8 Å². The zero-order valence-corrected chi connectivity index (χ0v) is 7.79. The molecule has 0 aromatic carbocycles. The lowest BCUT2D eigenvalue weighted by atomic mass is 10.4. The molecule has 2 amide bonds. The lowest BCUT2D eigenvalue weighted by Gasteiger charge is -1.95. The first-order valence-electron chi connectivity index (χ1n) is 3.88. The predicted molar refractivity (Wildman–Crippen MR) is 49.8 cm³/mol. The second kappa shape index (κ2) is 10.5. The molecule has 0 aliphatic rings. The maximum Gasteiger partial charge on any atom is 0.404 e. The topological polar surface area (TPSA) is 95.4 Å². The molecule has 0 heterocycles. The molecule has 76 valence electrons. The van der Waals surface area contributed by atoms with E-state index >= 15 is 0 Å². The van der Waals surface area contributed by atoms with E-state index in [2.05, 4.69) is 22.8 Å². The van der Waals surface area contributed by atoms with Crippen molar-refractivity contribution >= 4 is 12.0 Å². The van der Waals surface area contributed by atoms with Crippen molar-refractivity contribution in [2.24, 2.45) is 11.5 Å². The summed E-state index contributed by atoms with van der Waals surface area (Å²) in [4.78, 5) is 19.3. The number of amides is 2. The summed E-state index contributed by atoms with van der Waals surface area (Å²) in [6.45, 7) is 5.55. The normalized spacial score (nSPS) is 7.77. The first-order chi connectivity index (χ1) is 6.04. The summed E-state index contributed by atoms with van der Waals surface area (Å²) in [5, 5.41) is 0. The van der Waals surface area contributed by atoms with Crippen molar-refractivity contribution < 1.29 is 14.3 Å². The number of primary amides is 2. The minimum absolute atomic E-state index is 0.450. The maximum atomic E-state index is 9.87. The van der Waals surface area contributed by atoms with E-state index in [1.807, 2.05) is 6.92 Å². The lowest BCUT2D eigenvalue weighted by Crippen LogP contribution is -2.13. The van der Waals surface area contributed by atoms with Crippen LogP contribution < -0.4 is 11.5 Å². The first kappa shape index (κ1) is 14.0. The summed E-state index contributed by atoms with van der Waals surface area (Å²) in [6, 6.07) is 0. The third-order valence-electron chi connectivity index (χ3n) is 0.943. The van der Waals surface area contributed by atoms with E-state index in [0.717, 1.165) is 18.9 Å². The highest BCUT2D eigenvalue weighted by molar-refractivity contribution is 5.84. The fourth-order valence-corrected chi connectivity index (χ4v) is 0.317. The van der Waals surface area contributed by atoms with E-state index in [9.17, 15) is 9.59 Å². The molecule has 0 rings (SSSR count). The monoisotopic (exact) mass is 188 g/mol. The zero-order valence-electron chi connectivity index (χ0n) is 7.79. The minimum atomic E-state index is -0.682. The van der Waals surface area contributed by atoms with Gasteiger partial charge in [-0.25, -0.2) is 4.79 Å². The predicted octanol–water partition coefficient (Wildman–Crippen LogP) is 0.539. The number of carbonyl (C=O) groups excluding carboxylic acids is 2. The molecule has 0 aromatic heterocycles. The zero-order chi connectivity index (χ0) is 10.7. The Kier molecular flexibility index (Phi) is 11.3. The Hall–Kier alpha value is -1.52. The van der Waals surface area contributed by atoms with Crippen LogP contribution in [0.25, 0.3) is 0 Å². The number of ether oxygens (including phenoxy) is 1. The van der Waals surface area contributed by atoms with Crippen LogP contribution in [0.2, 0.25) is 0 Å². The van der Waals surface area contributed by atoms with Gasteiger partial charge in [0.2, 0.25) is 5.91 Å². The SMILES string of the molecule is C=CC(N)=O.CCCCOC(N)=O. The van der Waals surface area contributed by atoms with E-state index in [0.29, 0.717) is 6.61 Å². The van der Waals surface area contributed by atoms with E-state index in [1.54, 1.807) is 0 Å². The Morgan fingerprint density at radius 2 is 1.92 bits per heavy atom. The molecule has 0 unspecified atom stereocenters. The highest BCUT2D eigenvalue weighted by Crippen LogP contribution is 1.85. The second-order valence-electron chi connectivity index (χ2n) is 2.13. The smallest absolute Gasteiger partial charge is 0.404 e. The third kappa shape index (κ3) is 25.1. The average Bonchev–Trinajstić information content (AvgIpc) is 2.05. The standard InChI is InChI=1S/C5H11NO2.C3H5NO/c1-2-3-4-8-5(6)7;1-2-3(4)5/h2-4H2,1H3,(H2,6,7);2H,1H2,(H2,4,5). The summed E-state index contributed by atoms with van der Waals surface area (Å²) in [6.07, 6.45) is 2.29. The molecule has 0 aliphatic heterocycles. The second-order valence-corrected chi connectivity index (χ2v) is 2.13. The first-order valence-corrected chi connectivity index (χ1v) is 3.88. The van der Waals surface area contributed by atoms with Crippen LogP contribution in [0.1, 0.15) is 19.8 Å². The number of unbranched alkanes of at least 4 members (excludes halogenated alkanes) is 1. The molecule has 5 nitrogen and oxygen atoms in total. The van der Waals surface area contributed by atoms with Gasteiger partial charge in [0.25, 0.3) is 0 Å². The van der Waals surface area contributed by atoms with E-state index in [4.69, 9.17) is 0 Å². The molecule has 0 saturated heterocycles. The Labute approximate surface area is 77.7 Å². The molecular formula is C8H16N2O3. The molecule has 0 atom stereocenters. The number of rotatable bonds is 4. The Morgan fingerprint density at radius 1 is 1.46 bits per heavy atom. The molecule has 0 radical (unpaired) electrons. The van der Waals surface area contributed by atoms with E-state index < -0.39 is 12.0 Å². The van der Waals surface area contributed by atoms with Crippen LogP contribution in [0.3, 0.4) is 0 Å². The molecule has 0 spiro atoms. The van der Waals surface area contributed by atoms with Gasteiger partial charge >= 0.3 is 6.09 Å². The molecule has 13 heavy (non-hydrogen) atoms. The number of hydrogen-bond acceptors (Lipinski definition) is 3. The quantitative estimate of drug-likeness (QED) is 0.497. The van der Waals surface area contributed by atoms with Gasteiger partial charge in [0.1, 0.15) is 0 Å². The van der Waals surface area contributed by atoms with Crippen LogP contribution in [0.15, 0.2) is 12.7 Å². The van der Waals surface area contributed by atoms with Gasteiger partial charge in [-0.2, -0.15) is 0 Å². The van der Waals surface area contributed by atoms with Gasteiger partial charge in [-0.05, 0) is 12.5 Å². The van der Waals surface area contributed by atoms with E-state index in [1.165, 1.54) is 0 Å². The lowest BCUT2D eigenvalue weighted by molar-refractivity contribution is -0.113. The van der Waals surface area contributed by atoms with Gasteiger partial charge in [0.05, 0.1) is 6.61 Å². The minimum Gasteiger partial charge on any atom is -0.450 e. The number of hydrogen-bond donors (Lipinski definition) is 2. The van der Waals surface area contributed by atoms with Gasteiger partial charge in [-0.3, -0.25) is 4.79 Å². The third-order valence-corrected chi connectivity index (χ3v) is 0.943. The molecule has 0 aromatic rings. The van der Waals surface area contributed by atoms with Gasteiger partial charge in [-0.15, -0.1) is 0 Å². The van der Waals surface area contributed by atoms with Crippen molar-refractivity contribution in [1.29, 1.82) is 0 Å². The number of carbonyl (C=O) groups is 2. The highest BCUT2D eigenvalue weighted by atomic mass is 16.5. The molecule has 0 aliphatic carbocycles. The van der Waals surface area contributed by atoms with Crippen LogP contribution in [0, 0.1) is 0 Å². The van der Waals surface area contributed by atoms with Crippen molar-refractivity contribution in [1.82, 2.24) is 0 Å². The van der Waals surface area contributed by atoms with Crippen molar-refractivity contribution in [3.8, 4) is 0 Å². The van der Waals surface area contributed by atoms with Crippen LogP contribution in [0.5, 0.6) is 0 Å². The van der Waals surface area contributed by atoms with Crippen molar-refractivity contribution in [3.63, 3.8) is 0 Å². The van der Waals surface area contributed by atoms with Gasteiger partial charge in [0, 0.05) is 0 Å². The molecule has 0 fully saturated rings. The number of nitrogens with two attached hydrogens (primary N) is 2. The average molecular weight is 188 g/mol. The summed E-state index contributed by atoms with van der Waals surface area (Å²) in [5.41, 5.74) is 9.21. The fourth-order valence-electron chi connectivity index (χ4n) is 0.317. The largest absolute Gasteiger partial charge is 0.450 e. The summed E-state index contributed by atoms with van der Waals surface area (Å²) in [5.74, 6) is -0.481. The van der Waals surface area contributed by atoms with E-state index in [-0.39, 0.29) is 0 Å².